The smallest absolute Gasteiger partial charge is 0.0409 e. The summed E-state index contributed by atoms with van der Waals surface area (Å²) >= 11 is 5.95. The van der Waals surface area contributed by atoms with Gasteiger partial charge in [-0.25, -0.2) is 0 Å². The summed E-state index contributed by atoms with van der Waals surface area (Å²) in [5, 5.41) is 3.81. The van der Waals surface area contributed by atoms with Crippen molar-refractivity contribution in [3.8, 4) is 0 Å². The molecule has 0 aliphatic heterocycles. The van der Waals surface area contributed by atoms with Crippen LogP contribution in [0.5, 0.6) is 0 Å². The molecule has 0 saturated heterocycles. The minimum absolute atomic E-state index is 0.0469. The highest BCUT2D eigenvalue weighted by molar-refractivity contribution is 6.17. The molecule has 0 saturated carbocycles. The molecular weight excluding hydrogens is 278 g/mol. The van der Waals surface area contributed by atoms with Crippen molar-refractivity contribution in [1.82, 2.24) is 0 Å². The average molecular weight is 310 g/mol. The van der Waals surface area contributed by atoms with Gasteiger partial charge in [-0.3, -0.25) is 0 Å². The highest BCUT2D eigenvalue weighted by Crippen LogP contribution is 2.36. The zero-order valence-electron chi connectivity index (χ0n) is 14.8. The van der Waals surface area contributed by atoms with Crippen LogP contribution >= 0.6 is 11.6 Å². The highest BCUT2D eigenvalue weighted by Gasteiger charge is 2.29. The third-order valence-corrected chi connectivity index (χ3v) is 4.27. The summed E-state index contributed by atoms with van der Waals surface area (Å²) in [6.45, 7) is 15.9. The van der Waals surface area contributed by atoms with E-state index in [-0.39, 0.29) is 11.0 Å². The fraction of sp³-hybridized carbons (Fsp3) is 0.684. The first-order valence-corrected chi connectivity index (χ1v) is 8.55. The van der Waals surface area contributed by atoms with Gasteiger partial charge in [-0.15, -0.1) is 11.6 Å². The number of hydrogen-bond acceptors (Lipinski definition) is 1. The van der Waals surface area contributed by atoms with Crippen molar-refractivity contribution in [2.75, 3.05) is 11.2 Å². The number of rotatable bonds is 7. The van der Waals surface area contributed by atoms with Gasteiger partial charge in [0.15, 0.2) is 0 Å². The molecule has 0 unspecified atom stereocenters. The Balaban J connectivity index is 2.99. The van der Waals surface area contributed by atoms with Crippen LogP contribution in [0.25, 0.3) is 0 Å². The summed E-state index contributed by atoms with van der Waals surface area (Å²) in [6.07, 6.45) is 2.14. The lowest BCUT2D eigenvalue weighted by Crippen LogP contribution is -2.37. The van der Waals surface area contributed by atoms with E-state index in [1.165, 1.54) is 16.8 Å². The summed E-state index contributed by atoms with van der Waals surface area (Å²) in [7, 11) is 0. The maximum Gasteiger partial charge on any atom is 0.0409 e. The van der Waals surface area contributed by atoms with Crippen molar-refractivity contribution in [1.29, 1.82) is 0 Å². The van der Waals surface area contributed by atoms with Crippen LogP contribution < -0.4 is 5.32 Å². The second-order valence-corrected chi connectivity index (χ2v) is 8.36. The SMILES string of the molecule is Cc1cccc(C(C)C)c1NC(C)(C)CC(C)(C)CCCl. The average Bonchev–Trinajstić information content (AvgIpc) is 2.29. The lowest BCUT2D eigenvalue weighted by Gasteiger charge is -2.37. The van der Waals surface area contributed by atoms with Crippen LogP contribution in [0.3, 0.4) is 0 Å². The van der Waals surface area contributed by atoms with Gasteiger partial charge in [0, 0.05) is 17.1 Å². The predicted molar refractivity (Wildman–Crippen MR) is 96.7 cm³/mol. The molecule has 1 aromatic carbocycles. The lowest BCUT2D eigenvalue weighted by molar-refractivity contribution is 0.265. The molecule has 0 aliphatic rings. The molecule has 2 heteroatoms. The van der Waals surface area contributed by atoms with Gasteiger partial charge in [0.2, 0.25) is 0 Å². The highest BCUT2D eigenvalue weighted by atomic mass is 35.5. The maximum atomic E-state index is 5.95. The Labute approximate surface area is 136 Å². The fourth-order valence-electron chi connectivity index (χ4n) is 3.27. The molecule has 0 spiro atoms. The van der Waals surface area contributed by atoms with E-state index in [1.54, 1.807) is 0 Å². The third-order valence-electron chi connectivity index (χ3n) is 4.08. The molecule has 1 N–H and O–H groups in total. The van der Waals surface area contributed by atoms with Crippen molar-refractivity contribution < 1.29 is 0 Å². The van der Waals surface area contributed by atoms with E-state index in [1.807, 2.05) is 0 Å². The van der Waals surface area contributed by atoms with Crippen LogP contribution in [-0.2, 0) is 0 Å². The van der Waals surface area contributed by atoms with Gasteiger partial charge in [0.05, 0.1) is 0 Å². The van der Waals surface area contributed by atoms with E-state index in [0.29, 0.717) is 5.92 Å². The summed E-state index contributed by atoms with van der Waals surface area (Å²) in [6, 6.07) is 6.58. The molecule has 0 radical (unpaired) electrons. The minimum Gasteiger partial charge on any atom is -0.380 e. The molecule has 1 nitrogen and oxygen atoms in total. The summed E-state index contributed by atoms with van der Waals surface area (Å²) < 4.78 is 0. The number of aryl methyl sites for hydroxylation is 1. The number of anilines is 1. The van der Waals surface area contributed by atoms with Crippen molar-refractivity contribution in [2.24, 2.45) is 5.41 Å². The molecule has 0 aromatic heterocycles. The number of nitrogens with one attached hydrogen (secondary N) is 1. The van der Waals surface area contributed by atoms with E-state index < -0.39 is 0 Å². The monoisotopic (exact) mass is 309 g/mol. The Kier molecular flexibility index (Phi) is 6.16. The molecule has 0 aliphatic carbocycles. The summed E-state index contributed by atoms with van der Waals surface area (Å²) in [4.78, 5) is 0. The van der Waals surface area contributed by atoms with E-state index in [4.69, 9.17) is 11.6 Å². The zero-order chi connectivity index (χ0) is 16.3. The van der Waals surface area contributed by atoms with E-state index >= 15 is 0 Å². The van der Waals surface area contributed by atoms with Crippen LogP contribution in [0.1, 0.15) is 71.4 Å². The van der Waals surface area contributed by atoms with Gasteiger partial charge in [-0.1, -0.05) is 45.9 Å². The van der Waals surface area contributed by atoms with Crippen molar-refractivity contribution in [3.05, 3.63) is 29.3 Å². The Morgan fingerprint density at radius 1 is 1.14 bits per heavy atom. The number of halogens is 1. The standard InChI is InChI=1S/C19H32ClN/c1-14(2)16-10-8-9-15(3)17(16)21-19(6,7)13-18(4,5)11-12-20/h8-10,14,21H,11-13H2,1-7H3. The van der Waals surface area contributed by atoms with Gasteiger partial charge in [0.25, 0.3) is 0 Å². The first kappa shape index (κ1) is 18.4. The first-order valence-electron chi connectivity index (χ1n) is 8.02. The molecule has 1 rings (SSSR count). The second-order valence-electron chi connectivity index (χ2n) is 7.98. The topological polar surface area (TPSA) is 12.0 Å². The predicted octanol–water partition coefficient (Wildman–Crippen LogP) is 6.35. The normalized spacial score (nSPS) is 12.8. The van der Waals surface area contributed by atoms with Gasteiger partial charge < -0.3 is 5.32 Å². The zero-order valence-corrected chi connectivity index (χ0v) is 15.6. The third kappa shape index (κ3) is 5.54. The Morgan fingerprint density at radius 3 is 2.29 bits per heavy atom. The van der Waals surface area contributed by atoms with Gasteiger partial charge in [0.1, 0.15) is 0 Å². The molecule has 120 valence electrons. The number of para-hydroxylation sites is 1. The molecule has 0 fully saturated rings. The molecule has 0 bridgehead atoms. The van der Waals surface area contributed by atoms with Crippen molar-refractivity contribution in [3.63, 3.8) is 0 Å². The quantitative estimate of drug-likeness (QED) is 0.578. The lowest BCUT2D eigenvalue weighted by atomic mass is 9.78. The van der Waals surface area contributed by atoms with E-state index in [0.717, 1.165) is 18.7 Å². The molecule has 21 heavy (non-hydrogen) atoms. The first-order chi connectivity index (χ1) is 9.58. The second kappa shape index (κ2) is 7.05. The summed E-state index contributed by atoms with van der Waals surface area (Å²) in [5.41, 5.74) is 4.33. The van der Waals surface area contributed by atoms with Crippen LogP contribution in [0.2, 0.25) is 0 Å². The van der Waals surface area contributed by atoms with Gasteiger partial charge in [-0.2, -0.15) is 0 Å². The number of hydrogen-bond donors (Lipinski definition) is 1. The van der Waals surface area contributed by atoms with E-state index in [9.17, 15) is 0 Å². The van der Waals surface area contributed by atoms with Crippen LogP contribution in [-0.4, -0.2) is 11.4 Å². The van der Waals surface area contributed by atoms with Crippen LogP contribution in [0.4, 0.5) is 5.69 Å². The van der Waals surface area contributed by atoms with Gasteiger partial charge >= 0.3 is 0 Å². The van der Waals surface area contributed by atoms with Crippen LogP contribution in [0.15, 0.2) is 18.2 Å². The maximum absolute atomic E-state index is 5.95. The Bertz CT molecular complexity index is 461. The van der Waals surface area contributed by atoms with Crippen molar-refractivity contribution in [2.45, 2.75) is 72.8 Å². The Morgan fingerprint density at radius 2 is 1.76 bits per heavy atom. The molecule has 0 heterocycles. The number of benzene rings is 1. The van der Waals surface area contributed by atoms with Crippen molar-refractivity contribution >= 4 is 17.3 Å². The molecule has 0 amide bonds. The van der Waals surface area contributed by atoms with Gasteiger partial charge in [-0.05, 0) is 56.1 Å². The fourth-order valence-corrected chi connectivity index (χ4v) is 3.78. The Hall–Kier alpha value is -0.690. The van der Waals surface area contributed by atoms with E-state index in [2.05, 4.69) is 72.0 Å². The number of alkyl halides is 1. The largest absolute Gasteiger partial charge is 0.380 e. The molecule has 0 atom stereocenters. The summed E-state index contributed by atoms with van der Waals surface area (Å²) in [5.74, 6) is 1.25. The molecule has 1 aromatic rings. The molecular formula is C19H32ClN. The van der Waals surface area contributed by atoms with Crippen LogP contribution in [0, 0.1) is 12.3 Å². The minimum atomic E-state index is 0.0469.